The Labute approximate surface area is 101 Å². The minimum Gasteiger partial charge on any atom is -0.462 e. The van der Waals surface area contributed by atoms with Gasteiger partial charge in [-0.1, -0.05) is 0 Å². The van der Waals surface area contributed by atoms with Crippen LogP contribution in [0.25, 0.3) is 0 Å². The maximum atomic E-state index is 11.3. The van der Waals surface area contributed by atoms with Crippen LogP contribution < -0.4 is 5.32 Å². The number of carbonyl (C=O) groups is 1. The number of hydrogen-bond donors (Lipinski definition) is 1. The first kappa shape index (κ1) is 13.2. The summed E-state index contributed by atoms with van der Waals surface area (Å²) in [6.07, 6.45) is -0.0476. The van der Waals surface area contributed by atoms with Crippen molar-refractivity contribution >= 4 is 17.3 Å². The van der Waals surface area contributed by atoms with Gasteiger partial charge in [0.05, 0.1) is 12.6 Å². The predicted molar refractivity (Wildman–Crippen MR) is 66.7 cm³/mol. The highest BCUT2D eigenvalue weighted by atomic mass is 32.1. The lowest BCUT2D eigenvalue weighted by atomic mass is 10.3. The van der Waals surface area contributed by atoms with Gasteiger partial charge >= 0.3 is 5.97 Å². The van der Waals surface area contributed by atoms with Gasteiger partial charge in [-0.2, -0.15) is 0 Å². The second-order valence-electron chi connectivity index (χ2n) is 4.09. The standard InChI is InChI=1S/C12H19NO2S/c1-8(2)15-12(14)7-13-10(4)11-6-5-9(3)16-11/h5-6,8,10,13H,7H2,1-4H3. The maximum absolute atomic E-state index is 11.3. The Balaban J connectivity index is 2.35. The first-order valence-corrected chi connectivity index (χ1v) is 6.30. The molecule has 16 heavy (non-hydrogen) atoms. The van der Waals surface area contributed by atoms with Crippen molar-refractivity contribution in [3.8, 4) is 0 Å². The molecule has 1 N–H and O–H groups in total. The van der Waals surface area contributed by atoms with Gasteiger partial charge in [-0.3, -0.25) is 10.1 Å². The van der Waals surface area contributed by atoms with E-state index in [0.29, 0.717) is 0 Å². The van der Waals surface area contributed by atoms with Crippen LogP contribution in [0, 0.1) is 6.92 Å². The van der Waals surface area contributed by atoms with E-state index in [2.05, 4.69) is 24.4 Å². The Morgan fingerprint density at radius 3 is 2.62 bits per heavy atom. The maximum Gasteiger partial charge on any atom is 0.320 e. The van der Waals surface area contributed by atoms with Crippen LogP contribution in [0.1, 0.15) is 36.6 Å². The Hall–Kier alpha value is -0.870. The Kier molecular flexibility index (Phi) is 4.96. The van der Waals surface area contributed by atoms with Crippen LogP contribution in [0.2, 0.25) is 0 Å². The summed E-state index contributed by atoms with van der Waals surface area (Å²) in [6, 6.07) is 4.37. The molecule has 0 aliphatic rings. The summed E-state index contributed by atoms with van der Waals surface area (Å²) in [5, 5.41) is 3.15. The minimum atomic E-state index is -0.199. The van der Waals surface area contributed by atoms with Gasteiger partial charge in [0, 0.05) is 15.8 Å². The molecule has 0 fully saturated rings. The van der Waals surface area contributed by atoms with Crippen LogP contribution >= 0.6 is 11.3 Å². The molecule has 0 radical (unpaired) electrons. The molecule has 0 aliphatic heterocycles. The summed E-state index contributed by atoms with van der Waals surface area (Å²) in [5.41, 5.74) is 0. The van der Waals surface area contributed by atoms with E-state index in [1.165, 1.54) is 9.75 Å². The summed E-state index contributed by atoms with van der Waals surface area (Å²) >= 11 is 1.75. The molecule has 1 unspecified atom stereocenters. The van der Waals surface area contributed by atoms with Crippen molar-refractivity contribution in [1.82, 2.24) is 5.32 Å². The lowest BCUT2D eigenvalue weighted by Crippen LogP contribution is -2.28. The molecule has 1 heterocycles. The number of ether oxygens (including phenoxy) is 1. The van der Waals surface area contributed by atoms with E-state index >= 15 is 0 Å². The molecule has 0 aromatic carbocycles. The SMILES string of the molecule is Cc1ccc(C(C)NCC(=O)OC(C)C)s1. The van der Waals surface area contributed by atoms with Crippen LogP contribution in [0.15, 0.2) is 12.1 Å². The van der Waals surface area contributed by atoms with Crippen LogP contribution in [0.5, 0.6) is 0 Å². The monoisotopic (exact) mass is 241 g/mol. The number of aryl methyl sites for hydroxylation is 1. The van der Waals surface area contributed by atoms with Crippen molar-refractivity contribution in [2.24, 2.45) is 0 Å². The second kappa shape index (κ2) is 6.01. The van der Waals surface area contributed by atoms with Crippen molar-refractivity contribution in [3.05, 3.63) is 21.9 Å². The third kappa shape index (κ3) is 4.33. The average molecular weight is 241 g/mol. The third-order valence-electron chi connectivity index (χ3n) is 2.11. The van der Waals surface area contributed by atoms with Crippen molar-refractivity contribution in [1.29, 1.82) is 0 Å². The summed E-state index contributed by atoms with van der Waals surface area (Å²) in [4.78, 5) is 13.8. The van der Waals surface area contributed by atoms with Crippen molar-refractivity contribution < 1.29 is 9.53 Å². The molecule has 0 saturated carbocycles. The molecule has 0 amide bonds. The van der Waals surface area contributed by atoms with Crippen LogP contribution in [-0.2, 0) is 9.53 Å². The van der Waals surface area contributed by atoms with Crippen LogP contribution in [-0.4, -0.2) is 18.6 Å². The molecular weight excluding hydrogens is 222 g/mol. The van der Waals surface area contributed by atoms with Gasteiger partial charge < -0.3 is 4.74 Å². The third-order valence-corrected chi connectivity index (χ3v) is 3.29. The van der Waals surface area contributed by atoms with E-state index < -0.39 is 0 Å². The number of nitrogens with one attached hydrogen (secondary N) is 1. The lowest BCUT2D eigenvalue weighted by molar-refractivity contribution is -0.146. The molecule has 4 heteroatoms. The topological polar surface area (TPSA) is 38.3 Å². The number of esters is 1. The molecule has 1 aromatic heterocycles. The second-order valence-corrected chi connectivity index (χ2v) is 5.41. The van der Waals surface area contributed by atoms with E-state index in [4.69, 9.17) is 4.74 Å². The fourth-order valence-corrected chi connectivity index (χ4v) is 2.23. The van der Waals surface area contributed by atoms with E-state index in [1.54, 1.807) is 11.3 Å². The fraction of sp³-hybridized carbons (Fsp3) is 0.583. The number of rotatable bonds is 5. The van der Waals surface area contributed by atoms with E-state index in [0.717, 1.165) is 0 Å². The molecule has 90 valence electrons. The van der Waals surface area contributed by atoms with Crippen molar-refractivity contribution in [2.45, 2.75) is 39.8 Å². The Morgan fingerprint density at radius 2 is 2.12 bits per heavy atom. The molecule has 1 rings (SSSR count). The fourth-order valence-electron chi connectivity index (χ4n) is 1.33. The Bertz CT molecular complexity index is 347. The molecule has 0 saturated heterocycles. The van der Waals surface area contributed by atoms with Gasteiger partial charge in [0.1, 0.15) is 0 Å². The molecule has 3 nitrogen and oxygen atoms in total. The largest absolute Gasteiger partial charge is 0.462 e. The van der Waals surface area contributed by atoms with Gasteiger partial charge in [-0.05, 0) is 39.8 Å². The highest BCUT2D eigenvalue weighted by molar-refractivity contribution is 7.12. The molecule has 0 spiro atoms. The average Bonchev–Trinajstić information content (AvgIpc) is 2.60. The zero-order valence-corrected chi connectivity index (χ0v) is 11.1. The lowest BCUT2D eigenvalue weighted by Gasteiger charge is -2.13. The highest BCUT2D eigenvalue weighted by Gasteiger charge is 2.10. The predicted octanol–water partition coefficient (Wildman–Crippen LogP) is 2.66. The molecule has 0 bridgehead atoms. The van der Waals surface area contributed by atoms with Crippen molar-refractivity contribution in [3.63, 3.8) is 0 Å². The van der Waals surface area contributed by atoms with Gasteiger partial charge in [-0.15, -0.1) is 11.3 Å². The zero-order valence-electron chi connectivity index (χ0n) is 10.2. The number of carbonyl (C=O) groups excluding carboxylic acids is 1. The quantitative estimate of drug-likeness (QED) is 0.805. The van der Waals surface area contributed by atoms with E-state index in [-0.39, 0.29) is 24.7 Å². The zero-order chi connectivity index (χ0) is 12.1. The normalized spacial score (nSPS) is 12.8. The minimum absolute atomic E-state index is 0.0476. The number of hydrogen-bond acceptors (Lipinski definition) is 4. The smallest absolute Gasteiger partial charge is 0.320 e. The molecular formula is C12H19NO2S. The van der Waals surface area contributed by atoms with Crippen LogP contribution in [0.3, 0.4) is 0 Å². The summed E-state index contributed by atoms with van der Waals surface area (Å²) in [5.74, 6) is -0.199. The Morgan fingerprint density at radius 1 is 1.44 bits per heavy atom. The summed E-state index contributed by atoms with van der Waals surface area (Å²) in [7, 11) is 0. The van der Waals surface area contributed by atoms with Gasteiger partial charge in [-0.25, -0.2) is 0 Å². The molecule has 1 aromatic rings. The first-order valence-electron chi connectivity index (χ1n) is 5.48. The highest BCUT2D eigenvalue weighted by Crippen LogP contribution is 2.21. The van der Waals surface area contributed by atoms with Crippen LogP contribution in [0.4, 0.5) is 0 Å². The van der Waals surface area contributed by atoms with Crippen molar-refractivity contribution in [2.75, 3.05) is 6.54 Å². The molecule has 1 atom stereocenters. The summed E-state index contributed by atoms with van der Waals surface area (Å²) in [6.45, 7) is 8.09. The van der Waals surface area contributed by atoms with Gasteiger partial charge in [0.25, 0.3) is 0 Å². The van der Waals surface area contributed by atoms with Gasteiger partial charge in [0.2, 0.25) is 0 Å². The summed E-state index contributed by atoms with van der Waals surface area (Å²) < 4.78 is 5.04. The van der Waals surface area contributed by atoms with E-state index in [1.807, 2.05) is 20.8 Å². The van der Waals surface area contributed by atoms with Gasteiger partial charge in [0.15, 0.2) is 0 Å². The number of thiophene rings is 1. The first-order chi connectivity index (χ1) is 7.49. The molecule has 0 aliphatic carbocycles. The van der Waals surface area contributed by atoms with E-state index in [9.17, 15) is 4.79 Å².